The fourth-order valence-corrected chi connectivity index (χ4v) is 3.58. The van der Waals surface area contributed by atoms with Crippen molar-refractivity contribution in [1.29, 1.82) is 5.26 Å². The predicted octanol–water partition coefficient (Wildman–Crippen LogP) is 3.30. The number of allylic oxidation sites excluding steroid dienone is 1. The standard InChI is InChI=1S/C19H17N3O3S/c1-12-5-2-3-6-15(12)21-18(24)11-26-19-14(10-20)13(9-17(23)22-19)16-7-4-8-25-16/h2-8,13H,9,11H2,1H3,(H,21,24)(H,22,23). The molecule has 2 amide bonds. The molecular formula is C19H17N3O3S. The van der Waals surface area contributed by atoms with Gasteiger partial charge in [-0.2, -0.15) is 5.26 Å². The van der Waals surface area contributed by atoms with Gasteiger partial charge in [-0.1, -0.05) is 30.0 Å². The van der Waals surface area contributed by atoms with E-state index in [4.69, 9.17) is 4.42 Å². The monoisotopic (exact) mass is 367 g/mol. The van der Waals surface area contributed by atoms with Gasteiger partial charge in [0, 0.05) is 12.1 Å². The van der Waals surface area contributed by atoms with Crippen molar-refractivity contribution in [2.45, 2.75) is 19.3 Å². The lowest BCUT2D eigenvalue weighted by molar-refractivity contribution is -0.121. The van der Waals surface area contributed by atoms with Crippen molar-refractivity contribution in [3.8, 4) is 6.07 Å². The number of amides is 2. The summed E-state index contributed by atoms with van der Waals surface area (Å²) in [6.45, 7) is 1.91. The van der Waals surface area contributed by atoms with Crippen molar-refractivity contribution in [3.05, 3.63) is 64.6 Å². The molecule has 0 saturated heterocycles. The quantitative estimate of drug-likeness (QED) is 0.845. The Balaban J connectivity index is 1.72. The highest BCUT2D eigenvalue weighted by Gasteiger charge is 2.31. The lowest BCUT2D eigenvalue weighted by Gasteiger charge is -2.23. The van der Waals surface area contributed by atoms with Crippen molar-refractivity contribution < 1.29 is 14.0 Å². The van der Waals surface area contributed by atoms with Gasteiger partial charge in [0.05, 0.1) is 34.6 Å². The van der Waals surface area contributed by atoms with Crippen LogP contribution in [-0.2, 0) is 9.59 Å². The van der Waals surface area contributed by atoms with Crippen molar-refractivity contribution in [2.24, 2.45) is 0 Å². The van der Waals surface area contributed by atoms with E-state index in [0.717, 1.165) is 23.0 Å². The molecule has 1 aromatic heterocycles. The van der Waals surface area contributed by atoms with E-state index in [2.05, 4.69) is 16.7 Å². The van der Waals surface area contributed by atoms with Gasteiger partial charge in [-0.25, -0.2) is 0 Å². The van der Waals surface area contributed by atoms with E-state index >= 15 is 0 Å². The van der Waals surface area contributed by atoms with E-state index in [0.29, 0.717) is 16.4 Å². The number of hydrogen-bond acceptors (Lipinski definition) is 5. The lowest BCUT2D eigenvalue weighted by atomic mass is 9.92. The number of thioether (sulfide) groups is 1. The smallest absolute Gasteiger partial charge is 0.234 e. The predicted molar refractivity (Wildman–Crippen MR) is 99.1 cm³/mol. The number of carbonyl (C=O) groups is 2. The fourth-order valence-electron chi connectivity index (χ4n) is 2.70. The first-order valence-corrected chi connectivity index (χ1v) is 9.03. The molecule has 3 rings (SSSR count). The summed E-state index contributed by atoms with van der Waals surface area (Å²) in [6.07, 6.45) is 1.66. The number of hydrogen-bond donors (Lipinski definition) is 2. The second kappa shape index (κ2) is 7.93. The molecular weight excluding hydrogens is 350 g/mol. The van der Waals surface area contributed by atoms with Gasteiger partial charge >= 0.3 is 0 Å². The zero-order valence-electron chi connectivity index (χ0n) is 14.1. The van der Waals surface area contributed by atoms with Crippen LogP contribution in [0.4, 0.5) is 5.69 Å². The third kappa shape index (κ3) is 3.98. The maximum Gasteiger partial charge on any atom is 0.234 e. The summed E-state index contributed by atoms with van der Waals surface area (Å²) in [7, 11) is 0. The van der Waals surface area contributed by atoms with E-state index in [1.807, 2.05) is 31.2 Å². The molecule has 1 aliphatic heterocycles. The normalized spacial score (nSPS) is 16.8. The highest BCUT2D eigenvalue weighted by atomic mass is 32.2. The third-order valence-electron chi connectivity index (χ3n) is 4.01. The number of anilines is 1. The molecule has 6 nitrogen and oxygen atoms in total. The minimum absolute atomic E-state index is 0.0833. The molecule has 1 aliphatic rings. The number of nitrogens with zero attached hydrogens (tertiary/aromatic N) is 1. The van der Waals surface area contributed by atoms with Gasteiger partial charge < -0.3 is 15.1 Å². The number of nitrogens with one attached hydrogen (secondary N) is 2. The van der Waals surface area contributed by atoms with Gasteiger partial charge in [-0.3, -0.25) is 9.59 Å². The molecule has 0 aliphatic carbocycles. The summed E-state index contributed by atoms with van der Waals surface area (Å²) in [5.41, 5.74) is 2.12. The molecule has 26 heavy (non-hydrogen) atoms. The Hall–Kier alpha value is -2.98. The van der Waals surface area contributed by atoms with Crippen LogP contribution in [0, 0.1) is 18.3 Å². The van der Waals surface area contributed by atoms with E-state index < -0.39 is 5.92 Å². The van der Waals surface area contributed by atoms with Gasteiger partial charge in [0.25, 0.3) is 0 Å². The molecule has 0 bridgehead atoms. The fraction of sp³-hybridized carbons (Fsp3) is 0.211. The average molecular weight is 367 g/mol. The van der Waals surface area contributed by atoms with Crippen LogP contribution in [0.5, 0.6) is 0 Å². The Labute approximate surface area is 155 Å². The number of aryl methyl sites for hydroxylation is 1. The maximum atomic E-state index is 12.2. The second-order valence-electron chi connectivity index (χ2n) is 5.83. The molecule has 0 saturated carbocycles. The van der Waals surface area contributed by atoms with Gasteiger partial charge in [-0.05, 0) is 30.7 Å². The number of furan rings is 1. The zero-order valence-corrected chi connectivity index (χ0v) is 14.9. The Kier molecular flexibility index (Phi) is 5.44. The topological polar surface area (TPSA) is 95.1 Å². The van der Waals surface area contributed by atoms with Crippen LogP contribution >= 0.6 is 11.8 Å². The number of rotatable bonds is 5. The van der Waals surface area contributed by atoms with Gasteiger partial charge in [0.15, 0.2) is 0 Å². The molecule has 1 unspecified atom stereocenters. The second-order valence-corrected chi connectivity index (χ2v) is 6.81. The van der Waals surface area contributed by atoms with Crippen molar-refractivity contribution in [2.75, 3.05) is 11.1 Å². The molecule has 0 spiro atoms. The lowest BCUT2D eigenvalue weighted by Crippen LogP contribution is -2.31. The highest BCUT2D eigenvalue weighted by Crippen LogP contribution is 2.36. The van der Waals surface area contributed by atoms with Crippen LogP contribution in [0.15, 0.2) is 57.7 Å². The summed E-state index contributed by atoms with van der Waals surface area (Å²) >= 11 is 1.14. The van der Waals surface area contributed by atoms with Gasteiger partial charge in [0.2, 0.25) is 11.8 Å². The molecule has 0 radical (unpaired) electrons. The Bertz CT molecular complexity index is 897. The molecule has 7 heteroatoms. The number of nitriles is 1. The van der Waals surface area contributed by atoms with E-state index in [1.165, 1.54) is 6.26 Å². The maximum absolute atomic E-state index is 12.2. The van der Waals surface area contributed by atoms with Crippen LogP contribution in [0.3, 0.4) is 0 Å². The van der Waals surface area contributed by atoms with E-state index in [-0.39, 0.29) is 24.0 Å². The van der Waals surface area contributed by atoms with Crippen LogP contribution in [0.25, 0.3) is 0 Å². The van der Waals surface area contributed by atoms with E-state index in [1.54, 1.807) is 12.1 Å². The highest BCUT2D eigenvalue weighted by molar-refractivity contribution is 8.03. The van der Waals surface area contributed by atoms with Crippen molar-refractivity contribution in [1.82, 2.24) is 5.32 Å². The summed E-state index contributed by atoms with van der Waals surface area (Å²) in [4.78, 5) is 24.2. The summed E-state index contributed by atoms with van der Waals surface area (Å²) < 4.78 is 5.37. The molecule has 2 aromatic rings. The molecule has 132 valence electrons. The molecule has 2 N–H and O–H groups in total. The Morgan fingerprint density at radius 1 is 1.38 bits per heavy atom. The first-order valence-electron chi connectivity index (χ1n) is 8.04. The largest absolute Gasteiger partial charge is 0.469 e. The van der Waals surface area contributed by atoms with Crippen LogP contribution in [0.1, 0.15) is 23.7 Å². The number of para-hydroxylation sites is 1. The first kappa shape index (κ1) is 17.8. The molecule has 2 heterocycles. The Morgan fingerprint density at radius 3 is 2.88 bits per heavy atom. The first-order chi connectivity index (χ1) is 12.6. The molecule has 1 aromatic carbocycles. The van der Waals surface area contributed by atoms with Crippen molar-refractivity contribution >= 4 is 29.3 Å². The minimum atomic E-state index is -0.425. The minimum Gasteiger partial charge on any atom is -0.469 e. The van der Waals surface area contributed by atoms with Crippen molar-refractivity contribution in [3.63, 3.8) is 0 Å². The average Bonchev–Trinajstić information content (AvgIpc) is 3.16. The SMILES string of the molecule is Cc1ccccc1NC(=O)CSC1=C(C#N)C(c2ccco2)CC(=O)N1. The van der Waals surface area contributed by atoms with Gasteiger partial charge in [-0.15, -0.1) is 0 Å². The van der Waals surface area contributed by atoms with Gasteiger partial charge in [0.1, 0.15) is 5.76 Å². The molecule has 1 atom stereocenters. The summed E-state index contributed by atoms with van der Waals surface area (Å²) in [6, 6.07) is 13.1. The number of benzene rings is 1. The van der Waals surface area contributed by atoms with Crippen LogP contribution < -0.4 is 10.6 Å². The summed E-state index contributed by atoms with van der Waals surface area (Å²) in [5.74, 6) is -0.180. The summed E-state index contributed by atoms with van der Waals surface area (Å²) in [5, 5.41) is 15.5. The van der Waals surface area contributed by atoms with Crippen LogP contribution in [0.2, 0.25) is 0 Å². The number of carbonyl (C=O) groups excluding carboxylic acids is 2. The zero-order chi connectivity index (χ0) is 18.5. The third-order valence-corrected chi connectivity index (χ3v) is 5.03. The van der Waals surface area contributed by atoms with E-state index in [9.17, 15) is 14.9 Å². The van der Waals surface area contributed by atoms with Crippen LogP contribution in [-0.4, -0.2) is 17.6 Å². The Morgan fingerprint density at radius 2 is 2.19 bits per heavy atom. The molecule has 0 fully saturated rings.